The first-order chi connectivity index (χ1) is 13.3. The number of rotatable bonds is 5. The van der Waals surface area contributed by atoms with Crippen LogP contribution in [0.5, 0.6) is 0 Å². The number of carbonyl (C=O) groups excluding carboxylic acids is 1. The molecule has 0 aliphatic carbocycles. The van der Waals surface area contributed by atoms with E-state index < -0.39 is 11.9 Å². The third-order valence-corrected chi connectivity index (χ3v) is 3.87. The van der Waals surface area contributed by atoms with E-state index in [1.165, 1.54) is 17.3 Å². The molecule has 2 aromatic heterocycles. The van der Waals surface area contributed by atoms with Gasteiger partial charge in [-0.25, -0.2) is 9.97 Å². The summed E-state index contributed by atoms with van der Waals surface area (Å²) in [5.74, 6) is -0.563. The third kappa shape index (κ3) is 4.61. The van der Waals surface area contributed by atoms with Gasteiger partial charge in [-0.1, -0.05) is 18.2 Å². The van der Waals surface area contributed by atoms with Crippen molar-refractivity contribution in [3.8, 4) is 11.4 Å². The summed E-state index contributed by atoms with van der Waals surface area (Å²) in [4.78, 5) is 25.3. The number of carbonyl (C=O) groups is 1. The lowest BCUT2D eigenvalue weighted by Gasteiger charge is -2.18. The molecular weight excluding hydrogens is 371 g/mol. The van der Waals surface area contributed by atoms with Crippen LogP contribution in [0.3, 0.4) is 0 Å². The number of hydrogen-bond acceptors (Lipinski definition) is 5. The molecule has 3 rings (SSSR count). The van der Waals surface area contributed by atoms with Crippen molar-refractivity contribution in [3.05, 3.63) is 66.6 Å². The van der Waals surface area contributed by atoms with Crippen LogP contribution >= 0.6 is 0 Å². The molecule has 1 N–H and O–H groups in total. The molecule has 2 heterocycles. The molecule has 0 fully saturated rings. The number of aromatic nitrogens is 3. The van der Waals surface area contributed by atoms with Crippen LogP contribution in [0.15, 0.2) is 60.9 Å². The molecule has 144 valence electrons. The van der Waals surface area contributed by atoms with Gasteiger partial charge in [0.2, 0.25) is 5.91 Å². The van der Waals surface area contributed by atoms with E-state index in [2.05, 4.69) is 20.3 Å². The van der Waals surface area contributed by atoms with Crippen LogP contribution in [0, 0.1) is 0 Å². The van der Waals surface area contributed by atoms with Gasteiger partial charge in [0, 0.05) is 36.8 Å². The topological polar surface area (TPSA) is 71.0 Å². The molecule has 28 heavy (non-hydrogen) atoms. The first-order valence-electron chi connectivity index (χ1n) is 8.27. The van der Waals surface area contributed by atoms with Crippen molar-refractivity contribution in [3.63, 3.8) is 0 Å². The number of benzene rings is 1. The molecule has 1 aromatic carbocycles. The van der Waals surface area contributed by atoms with Crippen LogP contribution in [-0.2, 0) is 11.0 Å². The highest BCUT2D eigenvalue weighted by atomic mass is 19.4. The van der Waals surface area contributed by atoms with Crippen molar-refractivity contribution in [2.75, 3.05) is 23.8 Å². The molecule has 9 heteroatoms. The number of amides is 1. The van der Waals surface area contributed by atoms with Gasteiger partial charge in [-0.3, -0.25) is 9.78 Å². The average molecular weight is 387 g/mol. The monoisotopic (exact) mass is 387 g/mol. The van der Waals surface area contributed by atoms with Gasteiger partial charge in [0.15, 0.2) is 11.5 Å². The van der Waals surface area contributed by atoms with Crippen LogP contribution in [0.4, 0.5) is 24.7 Å². The Morgan fingerprint density at radius 1 is 1.11 bits per heavy atom. The standard InChI is InChI=1S/C19H16F3N5O/c1-27(14-7-3-2-4-8-14)17(28)12-24-16-10-15(19(20,21)22)25-18(26-16)13-6-5-9-23-11-13/h2-11H,12H2,1H3,(H,24,25,26). The summed E-state index contributed by atoms with van der Waals surface area (Å²) in [6, 6.07) is 12.8. The van der Waals surface area contributed by atoms with Crippen LogP contribution < -0.4 is 10.2 Å². The van der Waals surface area contributed by atoms with E-state index in [-0.39, 0.29) is 24.1 Å². The summed E-state index contributed by atoms with van der Waals surface area (Å²) >= 11 is 0. The molecule has 0 radical (unpaired) electrons. The molecule has 6 nitrogen and oxygen atoms in total. The Labute approximate surface area is 159 Å². The maximum Gasteiger partial charge on any atom is 0.433 e. The predicted octanol–water partition coefficient (Wildman–Crippen LogP) is 3.63. The van der Waals surface area contributed by atoms with Crippen LogP contribution in [0.25, 0.3) is 11.4 Å². The van der Waals surface area contributed by atoms with Gasteiger partial charge < -0.3 is 10.2 Å². The second-order valence-corrected chi connectivity index (χ2v) is 5.84. The summed E-state index contributed by atoms with van der Waals surface area (Å²) in [6.45, 7) is -0.230. The van der Waals surface area contributed by atoms with Gasteiger partial charge in [0.1, 0.15) is 5.82 Å². The molecule has 0 aliphatic rings. The lowest BCUT2D eigenvalue weighted by Crippen LogP contribution is -2.32. The minimum atomic E-state index is -4.65. The molecule has 1 amide bonds. The summed E-state index contributed by atoms with van der Waals surface area (Å²) in [6.07, 6.45) is -1.79. The highest BCUT2D eigenvalue weighted by Crippen LogP contribution is 2.30. The number of halogens is 3. The number of alkyl halides is 3. The maximum atomic E-state index is 13.2. The van der Waals surface area contributed by atoms with E-state index in [4.69, 9.17) is 0 Å². The lowest BCUT2D eigenvalue weighted by atomic mass is 10.2. The second-order valence-electron chi connectivity index (χ2n) is 5.84. The van der Waals surface area contributed by atoms with Crippen LogP contribution in [-0.4, -0.2) is 34.5 Å². The van der Waals surface area contributed by atoms with Crippen molar-refractivity contribution < 1.29 is 18.0 Å². The number of anilines is 2. The fourth-order valence-corrected chi connectivity index (χ4v) is 2.39. The number of para-hydroxylation sites is 1. The van der Waals surface area contributed by atoms with E-state index in [9.17, 15) is 18.0 Å². The largest absolute Gasteiger partial charge is 0.433 e. The maximum absolute atomic E-state index is 13.2. The van der Waals surface area contributed by atoms with Crippen molar-refractivity contribution in [2.24, 2.45) is 0 Å². The second kappa shape index (κ2) is 8.03. The Balaban J connectivity index is 1.82. The molecule has 0 saturated carbocycles. The first-order valence-corrected chi connectivity index (χ1v) is 8.27. The molecule has 3 aromatic rings. The number of nitrogens with zero attached hydrogens (tertiary/aromatic N) is 4. The normalized spacial score (nSPS) is 11.1. The molecule has 0 unspecified atom stereocenters. The Morgan fingerprint density at radius 2 is 1.86 bits per heavy atom. The smallest absolute Gasteiger partial charge is 0.361 e. The number of likely N-dealkylation sites (N-methyl/N-ethyl adjacent to an activating group) is 1. The minimum Gasteiger partial charge on any atom is -0.361 e. The average Bonchev–Trinajstić information content (AvgIpc) is 2.72. The zero-order chi connectivity index (χ0) is 20.1. The highest BCUT2D eigenvalue weighted by molar-refractivity contribution is 5.95. The molecule has 0 spiro atoms. The van der Waals surface area contributed by atoms with Gasteiger partial charge in [-0.15, -0.1) is 0 Å². The van der Waals surface area contributed by atoms with Gasteiger partial charge in [0.25, 0.3) is 0 Å². The summed E-state index contributed by atoms with van der Waals surface area (Å²) in [7, 11) is 1.58. The summed E-state index contributed by atoms with van der Waals surface area (Å²) in [5.41, 5.74) is -0.0962. The van der Waals surface area contributed by atoms with Gasteiger partial charge >= 0.3 is 6.18 Å². The predicted molar refractivity (Wildman–Crippen MR) is 98.6 cm³/mol. The first kappa shape index (κ1) is 19.3. The highest BCUT2D eigenvalue weighted by Gasteiger charge is 2.34. The van der Waals surface area contributed by atoms with Crippen LogP contribution in [0.2, 0.25) is 0 Å². The molecule has 0 aliphatic heterocycles. The third-order valence-electron chi connectivity index (χ3n) is 3.87. The quantitative estimate of drug-likeness (QED) is 0.724. The van der Waals surface area contributed by atoms with Crippen molar-refractivity contribution in [2.45, 2.75) is 6.18 Å². The Bertz CT molecular complexity index is 949. The zero-order valence-corrected chi connectivity index (χ0v) is 14.8. The van der Waals surface area contributed by atoms with Crippen molar-refractivity contribution >= 4 is 17.4 Å². The van der Waals surface area contributed by atoms with E-state index in [1.807, 2.05) is 6.07 Å². The van der Waals surface area contributed by atoms with Crippen molar-refractivity contribution in [1.29, 1.82) is 0 Å². The molecule has 0 bridgehead atoms. The van der Waals surface area contributed by atoms with Gasteiger partial charge in [-0.05, 0) is 24.3 Å². The van der Waals surface area contributed by atoms with Crippen molar-refractivity contribution in [1.82, 2.24) is 15.0 Å². The number of pyridine rings is 1. The molecular formula is C19H16F3N5O. The molecule has 0 atom stereocenters. The number of nitrogens with one attached hydrogen (secondary N) is 1. The zero-order valence-electron chi connectivity index (χ0n) is 14.8. The van der Waals surface area contributed by atoms with Gasteiger partial charge in [0.05, 0.1) is 6.54 Å². The van der Waals surface area contributed by atoms with Gasteiger partial charge in [-0.2, -0.15) is 13.2 Å². The number of hydrogen-bond donors (Lipinski definition) is 1. The Hall–Kier alpha value is -3.49. The van der Waals surface area contributed by atoms with E-state index >= 15 is 0 Å². The fourth-order valence-electron chi connectivity index (χ4n) is 2.39. The van der Waals surface area contributed by atoms with Crippen LogP contribution in [0.1, 0.15) is 5.69 Å². The van der Waals surface area contributed by atoms with E-state index in [0.717, 1.165) is 6.07 Å². The van der Waals surface area contributed by atoms with E-state index in [0.29, 0.717) is 11.3 Å². The Kier molecular flexibility index (Phi) is 5.53. The summed E-state index contributed by atoms with van der Waals surface area (Å²) < 4.78 is 39.6. The molecule has 0 saturated heterocycles. The van der Waals surface area contributed by atoms with E-state index in [1.54, 1.807) is 43.4 Å². The SMILES string of the molecule is CN(C(=O)CNc1cc(C(F)(F)F)nc(-c2cccnc2)n1)c1ccccc1. The summed E-state index contributed by atoms with van der Waals surface area (Å²) in [5, 5.41) is 2.66. The Morgan fingerprint density at radius 3 is 2.50 bits per heavy atom. The lowest BCUT2D eigenvalue weighted by molar-refractivity contribution is -0.141. The minimum absolute atomic E-state index is 0.101. The fraction of sp³-hybridized carbons (Fsp3) is 0.158.